The summed E-state index contributed by atoms with van der Waals surface area (Å²) in [6, 6.07) is 8.73. The number of ether oxygens (including phenoxy) is 2. The van der Waals surface area contributed by atoms with E-state index in [4.69, 9.17) is 26.2 Å². The lowest BCUT2D eigenvalue weighted by Crippen LogP contribution is -2.39. The number of carboxylic acid groups (broad SMARTS) is 1. The second kappa shape index (κ2) is 9.32. The Hall–Kier alpha value is -2.22. The fraction of sp³-hybridized carbons (Fsp3) is 0.350. The van der Waals surface area contributed by atoms with Crippen LogP contribution in [0.15, 0.2) is 36.4 Å². The van der Waals surface area contributed by atoms with Crippen LogP contribution in [0.1, 0.15) is 23.7 Å². The second-order valence-corrected chi connectivity index (χ2v) is 6.88. The van der Waals surface area contributed by atoms with E-state index in [2.05, 4.69) is 0 Å². The van der Waals surface area contributed by atoms with Gasteiger partial charge in [-0.05, 0) is 24.3 Å². The summed E-state index contributed by atoms with van der Waals surface area (Å²) >= 11 is 5.96. The Morgan fingerprint density at radius 3 is 2.82 bits per heavy atom. The highest BCUT2D eigenvalue weighted by Crippen LogP contribution is 2.28. The molecule has 2 aromatic carbocycles. The van der Waals surface area contributed by atoms with Gasteiger partial charge >= 0.3 is 5.97 Å². The second-order valence-electron chi connectivity index (χ2n) is 6.48. The molecule has 1 aliphatic rings. The van der Waals surface area contributed by atoms with Gasteiger partial charge in [0.2, 0.25) is 0 Å². The molecule has 0 aliphatic carbocycles. The molecule has 1 atom stereocenters. The van der Waals surface area contributed by atoms with Gasteiger partial charge in [0.15, 0.2) is 0 Å². The van der Waals surface area contributed by atoms with E-state index in [0.717, 1.165) is 0 Å². The maximum absolute atomic E-state index is 14.6. The van der Waals surface area contributed by atoms with Crippen molar-refractivity contribution in [3.8, 4) is 5.75 Å². The highest BCUT2D eigenvalue weighted by Gasteiger charge is 2.25. The first-order valence-corrected chi connectivity index (χ1v) is 9.22. The third kappa shape index (κ3) is 5.19. The predicted molar refractivity (Wildman–Crippen MR) is 99.5 cm³/mol. The lowest BCUT2D eigenvalue weighted by Gasteiger charge is -2.33. The molecule has 1 unspecified atom stereocenters. The first-order chi connectivity index (χ1) is 13.4. The van der Waals surface area contributed by atoms with Gasteiger partial charge in [-0.15, -0.1) is 0 Å². The van der Waals surface area contributed by atoms with Crippen LogP contribution in [0.2, 0.25) is 5.02 Å². The molecule has 0 aromatic heterocycles. The lowest BCUT2D eigenvalue weighted by molar-refractivity contribution is -0.137. The molecule has 8 heteroatoms. The Bertz CT molecular complexity index is 829. The van der Waals surface area contributed by atoms with Crippen molar-refractivity contribution in [2.24, 2.45) is 0 Å². The van der Waals surface area contributed by atoms with Crippen LogP contribution in [0.5, 0.6) is 5.75 Å². The number of hydrogen-bond acceptors (Lipinski definition) is 4. The third-order valence-electron chi connectivity index (χ3n) is 4.56. The summed E-state index contributed by atoms with van der Waals surface area (Å²) in [4.78, 5) is 12.7. The standard InChI is InChI=1S/C20H20ClF2NO4/c21-16-2-1-3-17(22)15(16)12-28-13-4-5-14(18(23)10-13)19-11-24(8-9-27-19)7-6-20(25)26/h1-5,10,19H,6-9,11-12H2,(H,25,26). The zero-order valence-corrected chi connectivity index (χ0v) is 15.8. The summed E-state index contributed by atoms with van der Waals surface area (Å²) in [7, 11) is 0. The number of carboxylic acids is 1. The third-order valence-corrected chi connectivity index (χ3v) is 4.91. The fourth-order valence-electron chi connectivity index (χ4n) is 3.03. The van der Waals surface area contributed by atoms with Gasteiger partial charge in [-0.3, -0.25) is 9.69 Å². The van der Waals surface area contributed by atoms with Gasteiger partial charge in [-0.1, -0.05) is 17.7 Å². The van der Waals surface area contributed by atoms with E-state index in [1.54, 1.807) is 18.2 Å². The molecule has 3 rings (SSSR count). The van der Waals surface area contributed by atoms with E-state index in [0.29, 0.717) is 31.8 Å². The number of benzene rings is 2. The van der Waals surface area contributed by atoms with Crippen molar-refractivity contribution in [1.29, 1.82) is 0 Å². The van der Waals surface area contributed by atoms with Crippen LogP contribution in [0.4, 0.5) is 8.78 Å². The summed E-state index contributed by atoms with van der Waals surface area (Å²) in [6.45, 7) is 1.69. The van der Waals surface area contributed by atoms with E-state index < -0.39 is 23.7 Å². The maximum atomic E-state index is 14.6. The molecular weight excluding hydrogens is 392 g/mol. The zero-order valence-electron chi connectivity index (χ0n) is 15.0. The number of rotatable bonds is 7. The maximum Gasteiger partial charge on any atom is 0.304 e. The Balaban J connectivity index is 1.64. The van der Waals surface area contributed by atoms with Gasteiger partial charge < -0.3 is 14.6 Å². The normalized spacial score (nSPS) is 17.5. The Morgan fingerprint density at radius 2 is 2.11 bits per heavy atom. The first-order valence-electron chi connectivity index (χ1n) is 8.85. The molecule has 28 heavy (non-hydrogen) atoms. The fourth-order valence-corrected chi connectivity index (χ4v) is 3.25. The molecular formula is C20H20ClF2NO4. The van der Waals surface area contributed by atoms with Crippen molar-refractivity contribution in [2.75, 3.05) is 26.2 Å². The van der Waals surface area contributed by atoms with E-state index in [1.807, 2.05) is 4.90 Å². The number of nitrogens with zero attached hydrogens (tertiary/aromatic N) is 1. The van der Waals surface area contributed by atoms with Crippen LogP contribution in [0, 0.1) is 11.6 Å². The molecule has 0 spiro atoms. The largest absolute Gasteiger partial charge is 0.489 e. The van der Waals surface area contributed by atoms with Gasteiger partial charge in [0.05, 0.1) is 24.2 Å². The molecule has 1 heterocycles. The number of morpholine rings is 1. The highest BCUT2D eigenvalue weighted by molar-refractivity contribution is 6.31. The van der Waals surface area contributed by atoms with Crippen LogP contribution in [-0.2, 0) is 16.1 Å². The van der Waals surface area contributed by atoms with E-state index in [-0.39, 0.29) is 29.4 Å². The minimum absolute atomic E-state index is 0.0284. The summed E-state index contributed by atoms with van der Waals surface area (Å²) in [5.41, 5.74) is 0.578. The molecule has 5 nitrogen and oxygen atoms in total. The number of hydrogen-bond donors (Lipinski definition) is 1. The molecule has 0 amide bonds. The molecule has 1 N–H and O–H groups in total. The Kier molecular flexibility index (Phi) is 6.83. The molecule has 0 radical (unpaired) electrons. The van der Waals surface area contributed by atoms with Crippen LogP contribution < -0.4 is 4.74 Å². The van der Waals surface area contributed by atoms with Gasteiger partial charge in [0, 0.05) is 36.8 Å². The number of halogens is 3. The average Bonchev–Trinajstić information content (AvgIpc) is 2.66. The monoisotopic (exact) mass is 411 g/mol. The van der Waals surface area contributed by atoms with Gasteiger partial charge in [-0.2, -0.15) is 0 Å². The molecule has 1 aliphatic heterocycles. The van der Waals surface area contributed by atoms with Crippen LogP contribution in [0.3, 0.4) is 0 Å². The van der Waals surface area contributed by atoms with E-state index >= 15 is 0 Å². The Morgan fingerprint density at radius 1 is 1.29 bits per heavy atom. The van der Waals surface area contributed by atoms with Crippen LogP contribution in [-0.4, -0.2) is 42.2 Å². The highest BCUT2D eigenvalue weighted by atomic mass is 35.5. The molecule has 0 bridgehead atoms. The topological polar surface area (TPSA) is 59.0 Å². The van der Waals surface area contributed by atoms with Gasteiger partial charge in [0.1, 0.15) is 24.0 Å². The lowest BCUT2D eigenvalue weighted by atomic mass is 10.1. The molecule has 150 valence electrons. The quantitative estimate of drug-likeness (QED) is 0.745. The molecule has 1 saturated heterocycles. The van der Waals surface area contributed by atoms with Crippen LogP contribution >= 0.6 is 11.6 Å². The van der Waals surface area contributed by atoms with Crippen molar-refractivity contribution in [3.63, 3.8) is 0 Å². The van der Waals surface area contributed by atoms with Crippen molar-refractivity contribution in [3.05, 3.63) is 64.2 Å². The van der Waals surface area contributed by atoms with Crippen molar-refractivity contribution in [1.82, 2.24) is 4.90 Å². The molecule has 1 fully saturated rings. The first kappa shape index (κ1) is 20.5. The van der Waals surface area contributed by atoms with Crippen molar-refractivity contribution in [2.45, 2.75) is 19.1 Å². The van der Waals surface area contributed by atoms with Crippen molar-refractivity contribution < 1.29 is 28.2 Å². The molecule has 2 aromatic rings. The average molecular weight is 412 g/mol. The van der Waals surface area contributed by atoms with E-state index in [9.17, 15) is 13.6 Å². The van der Waals surface area contributed by atoms with Gasteiger partial charge in [-0.25, -0.2) is 8.78 Å². The zero-order chi connectivity index (χ0) is 20.1. The SMILES string of the molecule is O=C(O)CCN1CCOC(c2ccc(OCc3c(F)cccc3Cl)cc2F)C1. The number of aliphatic carboxylic acids is 1. The van der Waals surface area contributed by atoms with Gasteiger partial charge in [0.25, 0.3) is 0 Å². The predicted octanol–water partition coefficient (Wildman–Crippen LogP) is 4.05. The summed E-state index contributed by atoms with van der Waals surface area (Å²) < 4.78 is 39.5. The van der Waals surface area contributed by atoms with Crippen molar-refractivity contribution >= 4 is 17.6 Å². The number of carbonyl (C=O) groups is 1. The summed E-state index contributed by atoms with van der Waals surface area (Å²) in [6.07, 6.45) is -0.460. The van der Waals surface area contributed by atoms with Crippen LogP contribution in [0.25, 0.3) is 0 Å². The Labute approximate surface area is 166 Å². The molecule has 0 saturated carbocycles. The minimum Gasteiger partial charge on any atom is -0.489 e. The summed E-state index contributed by atoms with van der Waals surface area (Å²) in [5.74, 6) is -1.60. The summed E-state index contributed by atoms with van der Waals surface area (Å²) in [5, 5.41) is 9.05. The smallest absolute Gasteiger partial charge is 0.304 e. The minimum atomic E-state index is -0.870. The van der Waals surface area contributed by atoms with E-state index in [1.165, 1.54) is 18.2 Å².